The molecule has 3 rings (SSSR count). The van der Waals surface area contributed by atoms with Gasteiger partial charge in [-0.1, -0.05) is 6.07 Å². The van der Waals surface area contributed by atoms with Crippen molar-refractivity contribution in [2.75, 3.05) is 26.2 Å². The van der Waals surface area contributed by atoms with Gasteiger partial charge in [-0.05, 0) is 36.8 Å². The molecule has 0 radical (unpaired) electrons. The van der Waals surface area contributed by atoms with Gasteiger partial charge in [-0.25, -0.2) is 0 Å². The molecule has 3 atom stereocenters. The van der Waals surface area contributed by atoms with Crippen molar-refractivity contribution in [3.8, 4) is 0 Å². The normalized spacial score (nSPS) is 29.1. The number of ether oxygens (including phenoxy) is 1. The first-order chi connectivity index (χ1) is 9.83. The first kappa shape index (κ1) is 14.0. The van der Waals surface area contributed by atoms with E-state index >= 15 is 0 Å². The maximum absolute atomic E-state index is 12.0. The third-order valence-corrected chi connectivity index (χ3v) is 5.26. The zero-order valence-corrected chi connectivity index (χ0v) is 12.5. The molecule has 0 aliphatic carbocycles. The van der Waals surface area contributed by atoms with E-state index in [4.69, 9.17) is 4.74 Å². The van der Waals surface area contributed by atoms with E-state index in [1.165, 1.54) is 4.88 Å². The highest BCUT2D eigenvalue weighted by Gasteiger charge is 2.39. The van der Waals surface area contributed by atoms with Gasteiger partial charge in [0.15, 0.2) is 0 Å². The van der Waals surface area contributed by atoms with Crippen molar-refractivity contribution in [2.24, 2.45) is 11.8 Å². The Morgan fingerprint density at radius 3 is 3.35 bits per heavy atom. The van der Waals surface area contributed by atoms with E-state index in [2.05, 4.69) is 22.1 Å². The quantitative estimate of drug-likeness (QED) is 0.863. The van der Waals surface area contributed by atoms with Crippen LogP contribution in [0.15, 0.2) is 17.5 Å². The minimum atomic E-state index is 0.129. The van der Waals surface area contributed by atoms with Crippen LogP contribution >= 0.6 is 11.3 Å². The Balaban J connectivity index is 1.40. The summed E-state index contributed by atoms with van der Waals surface area (Å²) in [5, 5.41) is 8.49. The Morgan fingerprint density at radius 2 is 2.50 bits per heavy atom. The molecule has 20 heavy (non-hydrogen) atoms. The standard InChI is InChI=1S/C15H22N2O2S/c18-15(17-6-3-12-2-1-7-20-12)8-14-13-4-5-16-9-11(13)10-19-14/h1-2,7,11,13-14,16H,3-6,8-10H2,(H,17,18)/t11-,13-,14-/m1/s1. The zero-order chi connectivity index (χ0) is 13.8. The molecule has 4 nitrogen and oxygen atoms in total. The molecule has 0 spiro atoms. The molecule has 2 aliphatic heterocycles. The van der Waals surface area contributed by atoms with Crippen LogP contribution in [0.4, 0.5) is 0 Å². The van der Waals surface area contributed by atoms with Gasteiger partial charge in [0.2, 0.25) is 5.91 Å². The lowest BCUT2D eigenvalue weighted by Crippen LogP contribution is -2.39. The van der Waals surface area contributed by atoms with Crippen molar-refractivity contribution in [1.82, 2.24) is 10.6 Å². The smallest absolute Gasteiger partial charge is 0.222 e. The Kier molecular flexibility index (Phi) is 4.70. The van der Waals surface area contributed by atoms with E-state index in [1.54, 1.807) is 11.3 Å². The number of fused-ring (bicyclic) bond motifs is 1. The molecule has 0 unspecified atom stereocenters. The van der Waals surface area contributed by atoms with Crippen molar-refractivity contribution in [3.05, 3.63) is 22.4 Å². The molecule has 1 aromatic heterocycles. The Bertz CT molecular complexity index is 435. The lowest BCUT2D eigenvalue weighted by Gasteiger charge is -2.27. The highest BCUT2D eigenvalue weighted by Crippen LogP contribution is 2.33. The number of amides is 1. The highest BCUT2D eigenvalue weighted by atomic mass is 32.1. The maximum atomic E-state index is 12.0. The number of thiophene rings is 1. The van der Waals surface area contributed by atoms with Crippen LogP contribution in [0, 0.1) is 11.8 Å². The first-order valence-corrected chi connectivity index (χ1v) is 8.32. The predicted octanol–water partition coefficient (Wildman–Crippen LogP) is 1.42. The number of carbonyl (C=O) groups excluding carboxylic acids is 1. The maximum Gasteiger partial charge on any atom is 0.222 e. The van der Waals surface area contributed by atoms with E-state index < -0.39 is 0 Å². The van der Waals surface area contributed by atoms with Crippen LogP contribution in [0.1, 0.15) is 17.7 Å². The summed E-state index contributed by atoms with van der Waals surface area (Å²) < 4.78 is 5.82. The van der Waals surface area contributed by atoms with Crippen molar-refractivity contribution >= 4 is 17.2 Å². The fourth-order valence-corrected chi connectivity index (χ4v) is 3.94. The van der Waals surface area contributed by atoms with Gasteiger partial charge in [-0.2, -0.15) is 0 Å². The summed E-state index contributed by atoms with van der Waals surface area (Å²) in [4.78, 5) is 13.3. The minimum absolute atomic E-state index is 0.129. The average Bonchev–Trinajstić information content (AvgIpc) is 3.09. The third-order valence-electron chi connectivity index (χ3n) is 4.33. The van der Waals surface area contributed by atoms with Crippen molar-refractivity contribution in [2.45, 2.75) is 25.4 Å². The van der Waals surface area contributed by atoms with Gasteiger partial charge in [0.1, 0.15) is 0 Å². The van der Waals surface area contributed by atoms with Crippen molar-refractivity contribution in [3.63, 3.8) is 0 Å². The number of hydrogen-bond donors (Lipinski definition) is 2. The molecule has 1 amide bonds. The predicted molar refractivity (Wildman–Crippen MR) is 79.9 cm³/mol. The monoisotopic (exact) mass is 294 g/mol. The number of hydrogen-bond acceptors (Lipinski definition) is 4. The molecule has 0 aromatic carbocycles. The first-order valence-electron chi connectivity index (χ1n) is 7.44. The molecular formula is C15H22N2O2S. The van der Waals surface area contributed by atoms with Crippen LogP contribution < -0.4 is 10.6 Å². The average molecular weight is 294 g/mol. The van der Waals surface area contributed by atoms with Crippen LogP contribution in [-0.2, 0) is 16.0 Å². The number of carbonyl (C=O) groups is 1. The molecule has 1 aromatic rings. The molecule has 2 aliphatic rings. The fourth-order valence-electron chi connectivity index (χ4n) is 3.23. The van der Waals surface area contributed by atoms with Gasteiger partial charge >= 0.3 is 0 Å². The third kappa shape index (κ3) is 3.40. The molecule has 3 heterocycles. The van der Waals surface area contributed by atoms with Gasteiger partial charge in [-0.15, -0.1) is 11.3 Å². The number of piperidine rings is 1. The molecule has 5 heteroatoms. The van der Waals surface area contributed by atoms with Crippen molar-refractivity contribution < 1.29 is 9.53 Å². The number of nitrogens with one attached hydrogen (secondary N) is 2. The molecule has 110 valence electrons. The van der Waals surface area contributed by atoms with Gasteiger partial charge in [-0.3, -0.25) is 4.79 Å². The number of rotatable bonds is 5. The van der Waals surface area contributed by atoms with Crippen molar-refractivity contribution in [1.29, 1.82) is 0 Å². The van der Waals surface area contributed by atoms with Crippen LogP contribution in [0.25, 0.3) is 0 Å². The van der Waals surface area contributed by atoms with E-state index in [0.29, 0.717) is 18.3 Å². The fraction of sp³-hybridized carbons (Fsp3) is 0.667. The summed E-state index contributed by atoms with van der Waals surface area (Å²) in [6.45, 7) is 3.63. The summed E-state index contributed by atoms with van der Waals surface area (Å²) in [6.07, 6.45) is 2.71. The SMILES string of the molecule is O=C(C[C@H]1OC[C@H]2CNCC[C@H]21)NCCc1cccs1. The van der Waals surface area contributed by atoms with Gasteiger partial charge < -0.3 is 15.4 Å². The lowest BCUT2D eigenvalue weighted by atomic mass is 9.84. The van der Waals surface area contributed by atoms with Gasteiger partial charge in [0.05, 0.1) is 19.1 Å². The molecule has 2 saturated heterocycles. The second kappa shape index (κ2) is 6.70. The minimum Gasteiger partial charge on any atom is -0.377 e. The van der Waals surface area contributed by atoms with E-state index in [9.17, 15) is 4.79 Å². The van der Waals surface area contributed by atoms with Crippen LogP contribution in [0.2, 0.25) is 0 Å². The molecule has 2 fully saturated rings. The van der Waals surface area contributed by atoms with Gasteiger partial charge in [0.25, 0.3) is 0 Å². The Hall–Kier alpha value is -0.910. The topological polar surface area (TPSA) is 50.4 Å². The van der Waals surface area contributed by atoms with Crippen LogP contribution in [-0.4, -0.2) is 38.3 Å². The molecular weight excluding hydrogens is 272 g/mol. The summed E-state index contributed by atoms with van der Waals surface area (Å²) in [5.74, 6) is 1.30. The molecule has 0 saturated carbocycles. The van der Waals surface area contributed by atoms with E-state index in [-0.39, 0.29) is 12.0 Å². The summed E-state index contributed by atoms with van der Waals surface area (Å²) in [7, 11) is 0. The largest absolute Gasteiger partial charge is 0.377 e. The Labute approximate surface area is 123 Å². The van der Waals surface area contributed by atoms with Gasteiger partial charge in [0, 0.05) is 23.9 Å². The summed E-state index contributed by atoms with van der Waals surface area (Å²) in [6, 6.07) is 4.15. The highest BCUT2D eigenvalue weighted by molar-refractivity contribution is 7.09. The molecule has 0 bridgehead atoms. The molecule has 2 N–H and O–H groups in total. The van der Waals surface area contributed by atoms with Crippen LogP contribution in [0.5, 0.6) is 0 Å². The van der Waals surface area contributed by atoms with E-state index in [0.717, 1.165) is 39.1 Å². The summed E-state index contributed by atoms with van der Waals surface area (Å²) in [5.41, 5.74) is 0. The second-order valence-electron chi connectivity index (χ2n) is 5.67. The lowest BCUT2D eigenvalue weighted by molar-refractivity contribution is -0.123. The van der Waals surface area contributed by atoms with Crippen LogP contribution in [0.3, 0.4) is 0 Å². The summed E-state index contributed by atoms with van der Waals surface area (Å²) >= 11 is 1.74. The Morgan fingerprint density at radius 1 is 1.55 bits per heavy atom. The van der Waals surface area contributed by atoms with E-state index in [1.807, 2.05) is 6.07 Å². The zero-order valence-electron chi connectivity index (χ0n) is 11.6. The second-order valence-corrected chi connectivity index (χ2v) is 6.70.